The van der Waals surface area contributed by atoms with Crippen molar-refractivity contribution in [1.82, 2.24) is 15.2 Å². The van der Waals surface area contributed by atoms with E-state index in [1.165, 1.54) is 24.7 Å². The Labute approximate surface area is 154 Å². The maximum absolute atomic E-state index is 12.0. The molecule has 0 atom stereocenters. The quantitative estimate of drug-likeness (QED) is 0.745. The molecule has 0 radical (unpaired) electrons. The van der Waals surface area contributed by atoms with Gasteiger partial charge in [0, 0.05) is 18.6 Å². The number of hydrogen-bond acceptors (Lipinski definition) is 5. The molecular formula is C20H27N3O3. The number of oxazole rings is 1. The maximum atomic E-state index is 12.0. The molecule has 1 saturated carbocycles. The highest BCUT2D eigenvalue weighted by molar-refractivity contribution is 5.92. The first-order valence-electron chi connectivity index (χ1n) is 9.26. The molecule has 0 spiro atoms. The molecule has 0 saturated heterocycles. The van der Waals surface area contributed by atoms with Gasteiger partial charge in [0.15, 0.2) is 5.69 Å². The number of carbonyl (C=O) groups excluding carboxylic acids is 1. The van der Waals surface area contributed by atoms with E-state index >= 15 is 0 Å². The lowest BCUT2D eigenvalue weighted by Gasteiger charge is -2.20. The molecule has 26 heavy (non-hydrogen) atoms. The van der Waals surface area contributed by atoms with Gasteiger partial charge in [-0.1, -0.05) is 12.1 Å². The zero-order valence-corrected chi connectivity index (χ0v) is 15.7. The summed E-state index contributed by atoms with van der Waals surface area (Å²) in [5.74, 6) is 1.28. The van der Waals surface area contributed by atoms with Crippen molar-refractivity contribution < 1.29 is 13.9 Å². The summed E-state index contributed by atoms with van der Waals surface area (Å²) in [6.45, 7) is 7.92. The fraction of sp³-hybridized carbons (Fsp3) is 0.500. The third-order valence-electron chi connectivity index (χ3n) is 4.23. The van der Waals surface area contributed by atoms with Gasteiger partial charge in [0.2, 0.25) is 5.89 Å². The number of carbonyl (C=O) groups is 1. The number of aromatic nitrogens is 1. The summed E-state index contributed by atoms with van der Waals surface area (Å²) >= 11 is 0. The molecule has 1 heterocycles. The van der Waals surface area contributed by atoms with Crippen LogP contribution in [0.5, 0.6) is 5.75 Å². The highest BCUT2D eigenvalue weighted by atomic mass is 16.5. The highest BCUT2D eigenvalue weighted by Crippen LogP contribution is 2.30. The van der Waals surface area contributed by atoms with E-state index in [9.17, 15) is 4.79 Å². The second-order valence-electron chi connectivity index (χ2n) is 6.97. The fourth-order valence-electron chi connectivity index (χ4n) is 2.84. The second-order valence-corrected chi connectivity index (χ2v) is 6.97. The summed E-state index contributed by atoms with van der Waals surface area (Å²) < 4.78 is 11.0. The average molecular weight is 357 g/mol. The molecule has 1 aliphatic rings. The summed E-state index contributed by atoms with van der Waals surface area (Å²) in [6, 6.07) is 8.83. The molecule has 0 aliphatic heterocycles. The Balaban J connectivity index is 1.62. The molecule has 1 aromatic heterocycles. The van der Waals surface area contributed by atoms with Crippen LogP contribution < -0.4 is 10.1 Å². The number of hydrogen-bond donors (Lipinski definition) is 1. The van der Waals surface area contributed by atoms with Crippen LogP contribution in [0.15, 0.2) is 34.9 Å². The van der Waals surface area contributed by atoms with E-state index < -0.39 is 0 Å². The minimum absolute atomic E-state index is 0.0743. The monoisotopic (exact) mass is 357 g/mol. The minimum atomic E-state index is -0.195. The average Bonchev–Trinajstić information content (AvgIpc) is 3.34. The van der Waals surface area contributed by atoms with E-state index in [-0.39, 0.29) is 11.9 Å². The topological polar surface area (TPSA) is 67.6 Å². The molecule has 1 fully saturated rings. The van der Waals surface area contributed by atoms with Crippen molar-refractivity contribution in [2.45, 2.75) is 58.8 Å². The Morgan fingerprint density at radius 1 is 1.31 bits per heavy atom. The first-order valence-corrected chi connectivity index (χ1v) is 9.26. The van der Waals surface area contributed by atoms with Gasteiger partial charge >= 0.3 is 0 Å². The highest BCUT2D eigenvalue weighted by Gasteiger charge is 2.30. The molecule has 3 rings (SSSR count). The Morgan fingerprint density at radius 2 is 2.04 bits per heavy atom. The van der Waals surface area contributed by atoms with Gasteiger partial charge in [-0.2, -0.15) is 0 Å². The zero-order valence-electron chi connectivity index (χ0n) is 15.7. The lowest BCUT2D eigenvalue weighted by atomic mass is 10.2. The van der Waals surface area contributed by atoms with Crippen LogP contribution in [0.3, 0.4) is 0 Å². The molecule has 1 aliphatic carbocycles. The third kappa shape index (κ3) is 5.08. The Bertz CT molecular complexity index is 720. The van der Waals surface area contributed by atoms with Crippen molar-refractivity contribution in [2.75, 3.05) is 6.61 Å². The first-order chi connectivity index (χ1) is 12.5. The minimum Gasteiger partial charge on any atom is -0.494 e. The molecule has 0 unspecified atom stereocenters. The predicted molar refractivity (Wildman–Crippen MR) is 99.0 cm³/mol. The SMILES string of the molecule is CCOc1ccc(CN(Cc2nc(C(=O)NC(C)C)co2)C2CC2)cc1. The Kier molecular flexibility index (Phi) is 5.93. The van der Waals surface area contributed by atoms with Gasteiger partial charge in [-0.25, -0.2) is 4.98 Å². The van der Waals surface area contributed by atoms with E-state index in [0.717, 1.165) is 12.3 Å². The largest absolute Gasteiger partial charge is 0.494 e. The first kappa shape index (κ1) is 18.5. The van der Waals surface area contributed by atoms with Crippen molar-refractivity contribution in [3.63, 3.8) is 0 Å². The fourth-order valence-corrected chi connectivity index (χ4v) is 2.84. The number of benzene rings is 1. The number of ether oxygens (including phenoxy) is 1. The third-order valence-corrected chi connectivity index (χ3v) is 4.23. The van der Waals surface area contributed by atoms with Crippen LogP contribution in [-0.2, 0) is 13.1 Å². The van der Waals surface area contributed by atoms with Gasteiger partial charge in [-0.3, -0.25) is 9.69 Å². The van der Waals surface area contributed by atoms with E-state index in [4.69, 9.17) is 9.15 Å². The molecule has 1 N–H and O–H groups in total. The van der Waals surface area contributed by atoms with Gasteiger partial charge in [-0.05, 0) is 51.3 Å². The number of amides is 1. The Hall–Kier alpha value is -2.34. The van der Waals surface area contributed by atoms with Gasteiger partial charge in [-0.15, -0.1) is 0 Å². The number of nitrogens with one attached hydrogen (secondary N) is 1. The molecule has 1 aromatic carbocycles. The van der Waals surface area contributed by atoms with Crippen molar-refractivity contribution in [2.24, 2.45) is 0 Å². The normalized spacial score (nSPS) is 14.0. The van der Waals surface area contributed by atoms with E-state index in [0.29, 0.717) is 30.8 Å². The van der Waals surface area contributed by atoms with Crippen LogP contribution in [0.25, 0.3) is 0 Å². The van der Waals surface area contributed by atoms with Crippen molar-refractivity contribution in [3.8, 4) is 5.75 Å². The summed E-state index contributed by atoms with van der Waals surface area (Å²) in [5, 5.41) is 2.83. The standard InChI is InChI=1S/C20H27N3O3/c1-4-25-17-9-5-15(6-10-17)11-23(16-7-8-16)12-19-22-18(13-26-19)20(24)21-14(2)3/h5-6,9-10,13-14,16H,4,7-8,11-12H2,1-3H3,(H,21,24). The number of rotatable bonds is 9. The van der Waals surface area contributed by atoms with Gasteiger partial charge in [0.1, 0.15) is 12.0 Å². The second kappa shape index (κ2) is 8.36. The van der Waals surface area contributed by atoms with Crippen molar-refractivity contribution in [3.05, 3.63) is 47.7 Å². The predicted octanol–water partition coefficient (Wildman–Crippen LogP) is 3.38. The van der Waals surface area contributed by atoms with Gasteiger partial charge in [0.05, 0.1) is 13.2 Å². The molecule has 140 valence electrons. The smallest absolute Gasteiger partial charge is 0.273 e. The zero-order chi connectivity index (χ0) is 18.5. The van der Waals surface area contributed by atoms with Crippen LogP contribution in [-0.4, -0.2) is 34.5 Å². The molecule has 6 heteroatoms. The van der Waals surface area contributed by atoms with Crippen molar-refractivity contribution >= 4 is 5.91 Å². The maximum Gasteiger partial charge on any atom is 0.273 e. The Morgan fingerprint density at radius 3 is 2.65 bits per heavy atom. The summed E-state index contributed by atoms with van der Waals surface area (Å²) in [6.07, 6.45) is 3.83. The molecule has 6 nitrogen and oxygen atoms in total. The summed E-state index contributed by atoms with van der Waals surface area (Å²) in [7, 11) is 0. The van der Waals surface area contributed by atoms with Crippen LogP contribution in [0, 0.1) is 0 Å². The van der Waals surface area contributed by atoms with Crippen molar-refractivity contribution in [1.29, 1.82) is 0 Å². The van der Waals surface area contributed by atoms with E-state index in [1.807, 2.05) is 32.9 Å². The lowest BCUT2D eigenvalue weighted by molar-refractivity contribution is 0.0938. The van der Waals surface area contributed by atoms with E-state index in [1.54, 1.807) is 0 Å². The van der Waals surface area contributed by atoms with Crippen LogP contribution in [0.1, 0.15) is 55.6 Å². The number of nitrogens with zero attached hydrogens (tertiary/aromatic N) is 2. The van der Waals surface area contributed by atoms with Crippen LogP contribution in [0.2, 0.25) is 0 Å². The summed E-state index contributed by atoms with van der Waals surface area (Å²) in [5.41, 5.74) is 1.56. The molecule has 0 bridgehead atoms. The summed E-state index contributed by atoms with van der Waals surface area (Å²) in [4.78, 5) is 18.7. The van der Waals surface area contributed by atoms with Crippen LogP contribution >= 0.6 is 0 Å². The van der Waals surface area contributed by atoms with Gasteiger partial charge in [0.25, 0.3) is 5.91 Å². The van der Waals surface area contributed by atoms with E-state index in [2.05, 4.69) is 27.3 Å². The lowest BCUT2D eigenvalue weighted by Crippen LogP contribution is -2.30. The van der Waals surface area contributed by atoms with Gasteiger partial charge < -0.3 is 14.5 Å². The van der Waals surface area contributed by atoms with Crippen LogP contribution in [0.4, 0.5) is 0 Å². The molecule has 2 aromatic rings. The molecule has 1 amide bonds. The molecular weight excluding hydrogens is 330 g/mol.